The van der Waals surface area contributed by atoms with Crippen molar-refractivity contribution in [3.8, 4) is 0 Å². The summed E-state index contributed by atoms with van der Waals surface area (Å²) in [7, 11) is 3.68. The predicted octanol–water partition coefficient (Wildman–Crippen LogP) is -0.273. The Morgan fingerprint density at radius 2 is 1.76 bits per heavy atom. The van der Waals surface area contributed by atoms with Gasteiger partial charge < -0.3 is 20.6 Å². The van der Waals surface area contributed by atoms with Crippen molar-refractivity contribution in [3.05, 3.63) is 0 Å². The van der Waals surface area contributed by atoms with Crippen molar-refractivity contribution in [2.75, 3.05) is 42.8 Å². The van der Waals surface area contributed by atoms with Crippen LogP contribution in [0.5, 0.6) is 0 Å². The summed E-state index contributed by atoms with van der Waals surface area (Å²) in [4.78, 5) is 16.1. The van der Waals surface area contributed by atoms with Gasteiger partial charge in [-0.2, -0.15) is 15.0 Å². The normalized spacial score (nSPS) is 10.7. The zero-order valence-electron chi connectivity index (χ0n) is 10.8. The lowest BCUT2D eigenvalue weighted by atomic mass is 10.3. The van der Waals surface area contributed by atoms with Crippen molar-refractivity contribution in [1.82, 2.24) is 15.0 Å². The summed E-state index contributed by atoms with van der Waals surface area (Å²) in [5, 5.41) is 9.04. The molecule has 0 saturated heterocycles. The van der Waals surface area contributed by atoms with E-state index in [9.17, 15) is 0 Å². The maximum absolute atomic E-state index is 9.04. The molecule has 0 atom stereocenters. The lowest BCUT2D eigenvalue weighted by Gasteiger charge is -2.26. The molecule has 0 fully saturated rings. The van der Waals surface area contributed by atoms with Gasteiger partial charge in [0.2, 0.25) is 17.8 Å². The van der Waals surface area contributed by atoms with E-state index in [4.69, 9.17) is 10.8 Å². The first kappa shape index (κ1) is 13.4. The van der Waals surface area contributed by atoms with Crippen molar-refractivity contribution in [1.29, 1.82) is 0 Å². The van der Waals surface area contributed by atoms with Gasteiger partial charge in [-0.05, 0) is 13.8 Å². The second-order valence-corrected chi connectivity index (χ2v) is 4.20. The SMILES string of the molecule is CC(C)N(CCO)c1nc(N)nc(N(C)C)n1. The molecule has 0 aliphatic rings. The van der Waals surface area contributed by atoms with Gasteiger partial charge in [0.25, 0.3) is 0 Å². The fourth-order valence-corrected chi connectivity index (χ4v) is 1.39. The number of nitrogens with two attached hydrogens (primary N) is 1. The van der Waals surface area contributed by atoms with Gasteiger partial charge in [-0.3, -0.25) is 0 Å². The Balaban J connectivity index is 3.10. The quantitative estimate of drug-likeness (QED) is 0.731. The van der Waals surface area contributed by atoms with Crippen LogP contribution in [0.2, 0.25) is 0 Å². The fraction of sp³-hybridized carbons (Fsp3) is 0.700. The van der Waals surface area contributed by atoms with Gasteiger partial charge in [0, 0.05) is 26.7 Å². The molecule has 0 unspecified atom stereocenters. The highest BCUT2D eigenvalue weighted by atomic mass is 16.3. The number of rotatable bonds is 5. The zero-order valence-corrected chi connectivity index (χ0v) is 10.8. The van der Waals surface area contributed by atoms with Crippen molar-refractivity contribution >= 4 is 17.8 Å². The Labute approximate surface area is 101 Å². The molecule has 17 heavy (non-hydrogen) atoms. The lowest BCUT2D eigenvalue weighted by molar-refractivity contribution is 0.298. The van der Waals surface area contributed by atoms with E-state index < -0.39 is 0 Å². The molecule has 0 bridgehead atoms. The first-order chi connectivity index (χ1) is 7.95. The topological polar surface area (TPSA) is 91.4 Å². The summed E-state index contributed by atoms with van der Waals surface area (Å²) in [5.41, 5.74) is 5.65. The third kappa shape index (κ3) is 3.42. The summed E-state index contributed by atoms with van der Waals surface area (Å²) >= 11 is 0. The minimum Gasteiger partial charge on any atom is -0.395 e. The summed E-state index contributed by atoms with van der Waals surface area (Å²) in [6.07, 6.45) is 0. The third-order valence-electron chi connectivity index (χ3n) is 2.25. The molecule has 0 aliphatic carbocycles. The van der Waals surface area contributed by atoms with E-state index in [1.165, 1.54) is 0 Å². The van der Waals surface area contributed by atoms with Crippen molar-refractivity contribution < 1.29 is 5.11 Å². The fourth-order valence-electron chi connectivity index (χ4n) is 1.39. The predicted molar refractivity (Wildman–Crippen MR) is 68.1 cm³/mol. The molecule has 0 amide bonds. The molecule has 0 spiro atoms. The van der Waals surface area contributed by atoms with Crippen LogP contribution in [0.25, 0.3) is 0 Å². The van der Waals surface area contributed by atoms with Crippen LogP contribution in [0.1, 0.15) is 13.8 Å². The minimum absolute atomic E-state index is 0.0427. The lowest BCUT2D eigenvalue weighted by Crippen LogP contribution is -2.35. The van der Waals surface area contributed by atoms with Crippen molar-refractivity contribution in [3.63, 3.8) is 0 Å². The van der Waals surface area contributed by atoms with E-state index in [-0.39, 0.29) is 18.6 Å². The number of aliphatic hydroxyl groups is 1. The largest absolute Gasteiger partial charge is 0.395 e. The van der Waals surface area contributed by atoms with Crippen LogP contribution >= 0.6 is 0 Å². The molecule has 0 saturated carbocycles. The van der Waals surface area contributed by atoms with Gasteiger partial charge >= 0.3 is 0 Å². The van der Waals surface area contributed by atoms with Crippen LogP contribution in [0.4, 0.5) is 17.8 Å². The Morgan fingerprint density at radius 1 is 1.18 bits per heavy atom. The van der Waals surface area contributed by atoms with Crippen LogP contribution in [-0.4, -0.2) is 53.3 Å². The van der Waals surface area contributed by atoms with E-state index in [0.29, 0.717) is 18.4 Å². The number of hydrogen-bond donors (Lipinski definition) is 2. The molecule has 7 heteroatoms. The molecular weight excluding hydrogens is 220 g/mol. The van der Waals surface area contributed by atoms with E-state index in [1.807, 2.05) is 32.8 Å². The highest BCUT2D eigenvalue weighted by Gasteiger charge is 2.15. The van der Waals surface area contributed by atoms with Gasteiger partial charge in [-0.1, -0.05) is 0 Å². The maximum Gasteiger partial charge on any atom is 0.232 e. The smallest absolute Gasteiger partial charge is 0.232 e. The molecule has 1 aromatic heterocycles. The van der Waals surface area contributed by atoms with E-state index in [0.717, 1.165) is 0 Å². The van der Waals surface area contributed by atoms with Crippen LogP contribution in [0.3, 0.4) is 0 Å². The van der Waals surface area contributed by atoms with Gasteiger partial charge in [0.05, 0.1) is 6.61 Å². The van der Waals surface area contributed by atoms with Gasteiger partial charge in [0.15, 0.2) is 0 Å². The average molecular weight is 240 g/mol. The van der Waals surface area contributed by atoms with E-state index in [1.54, 1.807) is 4.90 Å². The molecule has 7 nitrogen and oxygen atoms in total. The number of hydrogen-bond acceptors (Lipinski definition) is 7. The van der Waals surface area contributed by atoms with Crippen LogP contribution < -0.4 is 15.5 Å². The summed E-state index contributed by atoms with van der Waals surface area (Å²) in [6, 6.07) is 0.180. The molecule has 0 aliphatic heterocycles. The second kappa shape index (κ2) is 5.62. The Morgan fingerprint density at radius 3 is 2.24 bits per heavy atom. The molecule has 1 aromatic rings. The summed E-state index contributed by atoms with van der Waals surface area (Å²) in [6.45, 7) is 4.52. The molecule has 1 heterocycles. The monoisotopic (exact) mass is 240 g/mol. The highest BCUT2D eigenvalue weighted by Crippen LogP contribution is 2.15. The van der Waals surface area contributed by atoms with Gasteiger partial charge in [-0.15, -0.1) is 0 Å². The third-order valence-corrected chi connectivity index (χ3v) is 2.25. The van der Waals surface area contributed by atoms with Gasteiger partial charge in [-0.25, -0.2) is 0 Å². The minimum atomic E-state index is 0.0427. The standard InChI is InChI=1S/C10H20N6O/c1-7(2)16(5-6-17)10-13-8(11)12-9(14-10)15(3)4/h7,17H,5-6H2,1-4H3,(H2,11,12,13,14). The molecular formula is C10H20N6O. The van der Waals surface area contributed by atoms with Crippen LogP contribution in [0, 0.1) is 0 Å². The molecule has 1 rings (SSSR count). The Hall–Kier alpha value is -1.63. The van der Waals surface area contributed by atoms with Crippen LogP contribution in [0.15, 0.2) is 0 Å². The number of aromatic nitrogens is 3. The van der Waals surface area contributed by atoms with Gasteiger partial charge in [0.1, 0.15) is 0 Å². The van der Waals surface area contributed by atoms with Crippen molar-refractivity contribution in [2.45, 2.75) is 19.9 Å². The number of nitrogen functional groups attached to an aromatic ring is 1. The highest BCUT2D eigenvalue weighted by molar-refractivity contribution is 5.43. The van der Waals surface area contributed by atoms with E-state index >= 15 is 0 Å². The number of nitrogens with zero attached hydrogens (tertiary/aromatic N) is 5. The van der Waals surface area contributed by atoms with E-state index in [2.05, 4.69) is 15.0 Å². The Kier molecular flexibility index (Phi) is 4.45. The molecule has 3 N–H and O–H groups in total. The average Bonchev–Trinajstić information content (AvgIpc) is 2.24. The second-order valence-electron chi connectivity index (χ2n) is 4.20. The van der Waals surface area contributed by atoms with Crippen LogP contribution in [-0.2, 0) is 0 Å². The zero-order chi connectivity index (χ0) is 13.0. The molecule has 96 valence electrons. The first-order valence-corrected chi connectivity index (χ1v) is 5.52. The number of anilines is 3. The molecule has 0 radical (unpaired) electrons. The maximum atomic E-state index is 9.04. The Bertz CT molecular complexity index is 368. The van der Waals surface area contributed by atoms with Crippen molar-refractivity contribution in [2.24, 2.45) is 0 Å². The number of aliphatic hydroxyl groups excluding tert-OH is 1. The summed E-state index contributed by atoms with van der Waals surface area (Å²) in [5.74, 6) is 1.18. The molecule has 0 aromatic carbocycles. The summed E-state index contributed by atoms with van der Waals surface area (Å²) < 4.78 is 0. The first-order valence-electron chi connectivity index (χ1n) is 5.52.